The molecule has 0 fully saturated rings. The fraction of sp³-hybridized carbons (Fsp3) is 0.227. The first-order valence-corrected chi connectivity index (χ1v) is 9.27. The van der Waals surface area contributed by atoms with Gasteiger partial charge in [-0.05, 0) is 54.0 Å². The molecular formula is C22H22N4O2. The Labute approximate surface area is 164 Å². The molecule has 0 saturated carbocycles. The van der Waals surface area contributed by atoms with Crippen LogP contribution in [0.2, 0.25) is 0 Å². The molecule has 1 unspecified atom stereocenters. The second-order valence-corrected chi connectivity index (χ2v) is 6.86. The summed E-state index contributed by atoms with van der Waals surface area (Å²) in [5.41, 5.74) is 4.20. The van der Waals surface area contributed by atoms with E-state index in [1.807, 2.05) is 56.4 Å². The summed E-state index contributed by atoms with van der Waals surface area (Å²) in [6, 6.07) is 13.9. The van der Waals surface area contributed by atoms with E-state index in [0.717, 1.165) is 35.6 Å². The predicted molar refractivity (Wildman–Crippen MR) is 107 cm³/mol. The maximum atomic E-state index is 12.6. The number of ether oxygens (including phenoxy) is 1. The molecule has 2 aromatic carbocycles. The van der Waals surface area contributed by atoms with Gasteiger partial charge in [-0.1, -0.05) is 18.2 Å². The zero-order chi connectivity index (χ0) is 19.5. The Hall–Kier alpha value is -3.41. The maximum Gasteiger partial charge on any atom is 0.246 e. The highest BCUT2D eigenvalue weighted by Gasteiger charge is 2.16. The van der Waals surface area contributed by atoms with Gasteiger partial charge in [-0.15, -0.1) is 0 Å². The first-order valence-electron chi connectivity index (χ1n) is 9.27. The molecule has 1 amide bonds. The average Bonchev–Trinajstić information content (AvgIpc) is 3.42. The molecule has 2 heterocycles. The summed E-state index contributed by atoms with van der Waals surface area (Å²) in [7, 11) is 1.82. The van der Waals surface area contributed by atoms with Crippen molar-refractivity contribution in [2.75, 3.05) is 13.7 Å². The Bertz CT molecular complexity index is 994. The van der Waals surface area contributed by atoms with Gasteiger partial charge in [0.25, 0.3) is 0 Å². The fourth-order valence-corrected chi connectivity index (χ4v) is 3.26. The zero-order valence-corrected chi connectivity index (χ0v) is 15.9. The molecule has 6 nitrogen and oxygen atoms in total. The Morgan fingerprint density at radius 1 is 1.25 bits per heavy atom. The van der Waals surface area contributed by atoms with Crippen LogP contribution in [-0.2, 0) is 11.2 Å². The molecule has 1 aromatic heterocycles. The lowest BCUT2D eigenvalue weighted by Crippen LogP contribution is -2.27. The van der Waals surface area contributed by atoms with Gasteiger partial charge in [-0.2, -0.15) is 5.10 Å². The normalized spacial score (nSPS) is 13.9. The van der Waals surface area contributed by atoms with Crippen molar-refractivity contribution in [3.63, 3.8) is 0 Å². The van der Waals surface area contributed by atoms with E-state index < -0.39 is 0 Å². The second kappa shape index (κ2) is 7.68. The quantitative estimate of drug-likeness (QED) is 0.642. The minimum atomic E-state index is -0.0460. The molecule has 28 heavy (non-hydrogen) atoms. The molecule has 3 aromatic rings. The van der Waals surface area contributed by atoms with Crippen molar-refractivity contribution >= 4 is 12.0 Å². The van der Waals surface area contributed by atoms with Crippen LogP contribution >= 0.6 is 0 Å². The van der Waals surface area contributed by atoms with Crippen LogP contribution in [0, 0.1) is 0 Å². The topological polar surface area (TPSA) is 60.2 Å². The Morgan fingerprint density at radius 3 is 2.82 bits per heavy atom. The first kappa shape index (κ1) is 18.0. The van der Waals surface area contributed by atoms with Crippen LogP contribution in [0.25, 0.3) is 11.8 Å². The van der Waals surface area contributed by atoms with E-state index in [0.29, 0.717) is 0 Å². The zero-order valence-electron chi connectivity index (χ0n) is 15.9. The smallest absolute Gasteiger partial charge is 0.246 e. The molecule has 0 spiro atoms. The Kier molecular flexibility index (Phi) is 4.93. The molecule has 0 bridgehead atoms. The number of amides is 1. The maximum absolute atomic E-state index is 12.6. The molecule has 142 valence electrons. The van der Waals surface area contributed by atoms with E-state index in [2.05, 4.69) is 16.1 Å². The summed E-state index contributed by atoms with van der Waals surface area (Å²) in [6.07, 6.45) is 7.57. The molecule has 1 atom stereocenters. The standard InChI is InChI=1S/C22H22N4O2/c1-16(18-5-7-20(8-6-18)26-15-23-14-24-26)25(2)22(27)10-4-17-3-9-21-19(13-17)11-12-28-21/h3-10,13-16H,11-12H2,1-2H3/b10-4+. The lowest BCUT2D eigenvalue weighted by molar-refractivity contribution is -0.126. The third-order valence-electron chi connectivity index (χ3n) is 5.12. The van der Waals surface area contributed by atoms with Crippen LogP contribution < -0.4 is 4.74 Å². The van der Waals surface area contributed by atoms with Crippen LogP contribution in [0.15, 0.2) is 61.2 Å². The number of aromatic nitrogens is 3. The van der Waals surface area contributed by atoms with Gasteiger partial charge in [0.2, 0.25) is 5.91 Å². The minimum absolute atomic E-state index is 0.0374. The van der Waals surface area contributed by atoms with Crippen LogP contribution in [0.1, 0.15) is 29.7 Å². The third-order valence-corrected chi connectivity index (χ3v) is 5.12. The highest BCUT2D eigenvalue weighted by Crippen LogP contribution is 2.26. The number of nitrogens with zero attached hydrogens (tertiary/aromatic N) is 4. The van der Waals surface area contributed by atoms with Gasteiger partial charge in [0.1, 0.15) is 18.4 Å². The van der Waals surface area contributed by atoms with Crippen molar-refractivity contribution in [3.05, 3.63) is 77.9 Å². The summed E-state index contributed by atoms with van der Waals surface area (Å²) < 4.78 is 7.22. The number of fused-ring (bicyclic) bond motifs is 1. The van der Waals surface area contributed by atoms with E-state index in [9.17, 15) is 4.79 Å². The number of benzene rings is 2. The van der Waals surface area contributed by atoms with E-state index in [1.165, 1.54) is 11.9 Å². The Balaban J connectivity index is 1.42. The molecule has 1 aliphatic heterocycles. The number of likely N-dealkylation sites (N-methyl/N-ethyl adjacent to an activating group) is 1. The van der Waals surface area contributed by atoms with Gasteiger partial charge in [0, 0.05) is 19.5 Å². The van der Waals surface area contributed by atoms with Gasteiger partial charge in [0.15, 0.2) is 0 Å². The Morgan fingerprint density at radius 2 is 2.07 bits per heavy atom. The van der Waals surface area contributed by atoms with E-state index in [1.54, 1.807) is 22.0 Å². The highest BCUT2D eigenvalue weighted by atomic mass is 16.5. The molecule has 0 N–H and O–H groups in total. The van der Waals surface area contributed by atoms with Gasteiger partial charge in [-0.3, -0.25) is 4.79 Å². The highest BCUT2D eigenvalue weighted by molar-refractivity contribution is 5.92. The van der Waals surface area contributed by atoms with Crippen LogP contribution in [-0.4, -0.2) is 39.2 Å². The number of carbonyl (C=O) groups excluding carboxylic acids is 1. The summed E-state index contributed by atoms with van der Waals surface area (Å²) in [5.74, 6) is 0.910. The van der Waals surface area contributed by atoms with Crippen molar-refractivity contribution in [3.8, 4) is 11.4 Å². The van der Waals surface area contributed by atoms with Crippen LogP contribution in [0.5, 0.6) is 5.75 Å². The van der Waals surface area contributed by atoms with Crippen molar-refractivity contribution in [2.45, 2.75) is 19.4 Å². The van der Waals surface area contributed by atoms with Crippen LogP contribution in [0.4, 0.5) is 0 Å². The summed E-state index contributed by atoms with van der Waals surface area (Å²) >= 11 is 0. The lowest BCUT2D eigenvalue weighted by atomic mass is 10.1. The lowest BCUT2D eigenvalue weighted by Gasteiger charge is -2.24. The van der Waals surface area contributed by atoms with E-state index in [4.69, 9.17) is 4.74 Å². The molecule has 6 heteroatoms. The van der Waals surface area contributed by atoms with Crippen molar-refractivity contribution in [1.82, 2.24) is 19.7 Å². The van der Waals surface area contributed by atoms with Crippen molar-refractivity contribution in [1.29, 1.82) is 0 Å². The average molecular weight is 374 g/mol. The van der Waals surface area contributed by atoms with Gasteiger partial charge >= 0.3 is 0 Å². The molecule has 0 saturated heterocycles. The summed E-state index contributed by atoms with van der Waals surface area (Å²) in [5, 5.41) is 4.12. The number of rotatable bonds is 5. The predicted octanol–water partition coefficient (Wildman–Crippen LogP) is 3.44. The number of hydrogen-bond acceptors (Lipinski definition) is 4. The second-order valence-electron chi connectivity index (χ2n) is 6.86. The van der Waals surface area contributed by atoms with Gasteiger partial charge in [0.05, 0.1) is 18.3 Å². The summed E-state index contributed by atoms with van der Waals surface area (Å²) in [4.78, 5) is 18.3. The molecule has 1 aliphatic rings. The molecule has 0 radical (unpaired) electrons. The summed E-state index contributed by atoms with van der Waals surface area (Å²) in [6.45, 7) is 2.75. The van der Waals surface area contributed by atoms with Gasteiger partial charge < -0.3 is 9.64 Å². The molecular weight excluding hydrogens is 352 g/mol. The first-order chi connectivity index (χ1) is 13.6. The van der Waals surface area contributed by atoms with Crippen molar-refractivity contribution in [2.24, 2.45) is 0 Å². The monoisotopic (exact) mass is 374 g/mol. The largest absolute Gasteiger partial charge is 0.493 e. The molecule has 4 rings (SSSR count). The van der Waals surface area contributed by atoms with E-state index >= 15 is 0 Å². The number of carbonyl (C=O) groups is 1. The van der Waals surface area contributed by atoms with Crippen LogP contribution in [0.3, 0.4) is 0 Å². The molecule has 0 aliphatic carbocycles. The minimum Gasteiger partial charge on any atom is -0.493 e. The SMILES string of the molecule is CC(c1ccc(-n2cncn2)cc1)N(C)C(=O)/C=C/c1ccc2c(c1)CCO2. The number of hydrogen-bond donors (Lipinski definition) is 0. The van der Waals surface area contributed by atoms with Crippen molar-refractivity contribution < 1.29 is 9.53 Å². The third kappa shape index (κ3) is 3.67. The van der Waals surface area contributed by atoms with Gasteiger partial charge in [-0.25, -0.2) is 9.67 Å². The van der Waals surface area contributed by atoms with E-state index in [-0.39, 0.29) is 11.9 Å². The fourth-order valence-electron chi connectivity index (χ4n) is 3.26.